The predicted molar refractivity (Wildman–Crippen MR) is 112 cm³/mol. The number of halogens is 1. The summed E-state index contributed by atoms with van der Waals surface area (Å²) in [6, 6.07) is 15.1. The van der Waals surface area contributed by atoms with Crippen molar-refractivity contribution in [2.24, 2.45) is 0 Å². The van der Waals surface area contributed by atoms with Crippen molar-refractivity contribution >= 4 is 33.0 Å². The lowest BCUT2D eigenvalue weighted by molar-refractivity contribution is 0.390. The molecule has 29 heavy (non-hydrogen) atoms. The van der Waals surface area contributed by atoms with Crippen LogP contribution in [0.5, 0.6) is 5.88 Å². The largest absolute Gasteiger partial charge is 0.480 e. The zero-order chi connectivity index (χ0) is 20.6. The molecule has 4 rings (SSSR count). The van der Waals surface area contributed by atoms with Crippen LogP contribution in [0.4, 0.5) is 5.69 Å². The molecule has 0 aliphatic rings. The number of anilines is 1. The molecular formula is C20H17ClN4O3S. The Hall–Kier alpha value is -3.10. The maximum Gasteiger partial charge on any atom is 0.261 e. The van der Waals surface area contributed by atoms with E-state index < -0.39 is 10.0 Å². The summed E-state index contributed by atoms with van der Waals surface area (Å²) in [6.45, 7) is 1.83. The van der Waals surface area contributed by atoms with Gasteiger partial charge in [0.25, 0.3) is 10.0 Å². The van der Waals surface area contributed by atoms with Gasteiger partial charge in [-0.25, -0.2) is 17.9 Å². The molecule has 148 valence electrons. The molecule has 0 fully saturated rings. The van der Waals surface area contributed by atoms with Crippen LogP contribution in [0.25, 0.3) is 16.9 Å². The lowest BCUT2D eigenvalue weighted by atomic mass is 10.1. The van der Waals surface area contributed by atoms with Crippen molar-refractivity contribution in [1.29, 1.82) is 0 Å². The third-order valence-corrected chi connectivity index (χ3v) is 5.99. The third-order valence-electron chi connectivity index (χ3n) is 4.39. The number of imidazole rings is 1. The fourth-order valence-corrected chi connectivity index (χ4v) is 4.26. The first-order chi connectivity index (χ1) is 13.9. The van der Waals surface area contributed by atoms with Gasteiger partial charge in [0.1, 0.15) is 0 Å². The number of aryl methyl sites for hydroxylation is 1. The summed E-state index contributed by atoms with van der Waals surface area (Å²) in [5, 5.41) is 4.65. The molecule has 0 bridgehead atoms. The van der Waals surface area contributed by atoms with E-state index in [2.05, 4.69) is 14.8 Å². The van der Waals surface area contributed by atoms with Crippen LogP contribution >= 0.6 is 11.6 Å². The van der Waals surface area contributed by atoms with E-state index in [9.17, 15) is 8.42 Å². The van der Waals surface area contributed by atoms with Crippen molar-refractivity contribution in [3.05, 3.63) is 71.4 Å². The average molecular weight is 429 g/mol. The molecule has 0 atom stereocenters. The molecule has 0 amide bonds. The molecule has 4 aromatic rings. The maximum absolute atomic E-state index is 12.8. The molecule has 2 aromatic heterocycles. The van der Waals surface area contributed by atoms with Gasteiger partial charge in [-0.05, 0) is 42.8 Å². The highest BCUT2D eigenvalue weighted by Crippen LogP contribution is 2.27. The van der Waals surface area contributed by atoms with Crippen molar-refractivity contribution in [1.82, 2.24) is 14.6 Å². The fourth-order valence-electron chi connectivity index (χ4n) is 2.84. The number of nitrogens with one attached hydrogen (secondary N) is 1. The van der Waals surface area contributed by atoms with Gasteiger partial charge in [-0.2, -0.15) is 0 Å². The molecule has 1 N–H and O–H groups in total. The third kappa shape index (κ3) is 3.90. The van der Waals surface area contributed by atoms with Gasteiger partial charge in [0.15, 0.2) is 5.65 Å². The molecule has 0 unspecified atom stereocenters. The normalized spacial score (nSPS) is 11.6. The quantitative estimate of drug-likeness (QED) is 0.515. The number of hydrogen-bond donors (Lipinski definition) is 1. The van der Waals surface area contributed by atoms with E-state index in [0.717, 1.165) is 11.1 Å². The SMILES string of the molecule is COc1ccc2nc(-c3ccc(C)c(NS(=O)(=O)c4cccc(Cl)c4)c3)cn2n1. The van der Waals surface area contributed by atoms with Crippen LogP contribution in [0.1, 0.15) is 5.56 Å². The summed E-state index contributed by atoms with van der Waals surface area (Å²) in [7, 11) is -2.23. The van der Waals surface area contributed by atoms with Crippen LogP contribution in [-0.4, -0.2) is 30.1 Å². The molecule has 0 saturated heterocycles. The number of benzene rings is 2. The summed E-state index contributed by atoms with van der Waals surface area (Å²) in [4.78, 5) is 4.64. The van der Waals surface area contributed by atoms with Crippen LogP contribution in [0, 0.1) is 6.92 Å². The summed E-state index contributed by atoms with van der Waals surface area (Å²) in [5.74, 6) is 0.473. The van der Waals surface area contributed by atoms with Crippen molar-refractivity contribution in [2.45, 2.75) is 11.8 Å². The van der Waals surface area contributed by atoms with Gasteiger partial charge in [-0.1, -0.05) is 29.8 Å². The van der Waals surface area contributed by atoms with Crippen LogP contribution in [0.3, 0.4) is 0 Å². The number of aromatic nitrogens is 3. The highest BCUT2D eigenvalue weighted by atomic mass is 35.5. The van der Waals surface area contributed by atoms with E-state index in [-0.39, 0.29) is 4.90 Å². The molecular weight excluding hydrogens is 412 g/mol. The highest BCUT2D eigenvalue weighted by Gasteiger charge is 2.17. The second kappa shape index (κ2) is 7.38. The van der Waals surface area contributed by atoms with Gasteiger partial charge >= 0.3 is 0 Å². The molecule has 7 nitrogen and oxygen atoms in total. The van der Waals surface area contributed by atoms with Crippen LogP contribution in [-0.2, 0) is 10.0 Å². The zero-order valence-electron chi connectivity index (χ0n) is 15.6. The number of rotatable bonds is 5. The fraction of sp³-hybridized carbons (Fsp3) is 0.100. The molecule has 0 aliphatic carbocycles. The van der Waals surface area contributed by atoms with E-state index in [0.29, 0.717) is 27.9 Å². The van der Waals surface area contributed by atoms with Gasteiger partial charge in [0.2, 0.25) is 5.88 Å². The van der Waals surface area contributed by atoms with E-state index >= 15 is 0 Å². The van der Waals surface area contributed by atoms with Crippen LogP contribution in [0.15, 0.2) is 65.7 Å². The minimum Gasteiger partial charge on any atom is -0.480 e. The first kappa shape index (κ1) is 19.2. The van der Waals surface area contributed by atoms with E-state index in [4.69, 9.17) is 16.3 Å². The van der Waals surface area contributed by atoms with E-state index in [1.807, 2.05) is 19.1 Å². The van der Waals surface area contributed by atoms with Crippen molar-refractivity contribution in [3.8, 4) is 17.1 Å². The van der Waals surface area contributed by atoms with Gasteiger partial charge < -0.3 is 4.74 Å². The molecule has 0 aliphatic heterocycles. The smallest absolute Gasteiger partial charge is 0.261 e. The van der Waals surface area contributed by atoms with Crippen LogP contribution in [0.2, 0.25) is 5.02 Å². The van der Waals surface area contributed by atoms with Gasteiger partial charge in [0, 0.05) is 16.7 Å². The Morgan fingerprint density at radius 2 is 1.93 bits per heavy atom. The summed E-state index contributed by atoms with van der Waals surface area (Å²) >= 11 is 5.93. The Bertz CT molecular complexity index is 1320. The Morgan fingerprint density at radius 3 is 2.69 bits per heavy atom. The van der Waals surface area contributed by atoms with Crippen molar-refractivity contribution in [2.75, 3.05) is 11.8 Å². The van der Waals surface area contributed by atoms with Crippen molar-refractivity contribution < 1.29 is 13.2 Å². The number of nitrogens with zero attached hydrogens (tertiary/aromatic N) is 3. The standard InChI is InChI=1S/C20H17ClN4O3S/c1-13-6-7-14(18-12-25-19(22-18)8-9-20(23-25)28-2)10-17(13)24-29(26,27)16-5-3-4-15(21)11-16/h3-12,24H,1-2H3. The van der Waals surface area contributed by atoms with Crippen LogP contribution < -0.4 is 9.46 Å². The summed E-state index contributed by atoms with van der Waals surface area (Å²) in [6.07, 6.45) is 1.76. The Kier molecular flexibility index (Phi) is 4.89. The predicted octanol–water partition coefficient (Wildman–Crippen LogP) is 4.17. The Labute approximate surface area is 173 Å². The number of fused-ring (bicyclic) bond motifs is 1. The molecule has 2 heterocycles. The Morgan fingerprint density at radius 1 is 1.10 bits per heavy atom. The lowest BCUT2D eigenvalue weighted by Crippen LogP contribution is -2.13. The monoisotopic (exact) mass is 428 g/mol. The minimum absolute atomic E-state index is 0.0961. The number of hydrogen-bond acceptors (Lipinski definition) is 5. The van der Waals surface area contributed by atoms with Gasteiger partial charge in [-0.15, -0.1) is 5.10 Å². The number of ether oxygens (including phenoxy) is 1. The van der Waals surface area contributed by atoms with Gasteiger partial charge in [0.05, 0.1) is 29.6 Å². The minimum atomic E-state index is -3.78. The van der Waals surface area contributed by atoms with E-state index in [1.54, 1.807) is 48.2 Å². The van der Waals surface area contributed by atoms with E-state index in [1.165, 1.54) is 12.1 Å². The first-order valence-electron chi connectivity index (χ1n) is 8.65. The zero-order valence-corrected chi connectivity index (χ0v) is 17.2. The molecule has 9 heteroatoms. The lowest BCUT2D eigenvalue weighted by Gasteiger charge is -2.12. The average Bonchev–Trinajstić information content (AvgIpc) is 3.12. The molecule has 0 spiro atoms. The Balaban J connectivity index is 1.71. The maximum atomic E-state index is 12.8. The second-order valence-corrected chi connectivity index (χ2v) is 8.52. The molecule has 0 saturated carbocycles. The topological polar surface area (TPSA) is 85.6 Å². The number of methoxy groups -OCH3 is 1. The number of sulfonamides is 1. The second-order valence-electron chi connectivity index (χ2n) is 6.40. The molecule has 2 aromatic carbocycles. The summed E-state index contributed by atoms with van der Waals surface area (Å²) < 4.78 is 34.9. The summed E-state index contributed by atoms with van der Waals surface area (Å²) in [5.41, 5.74) is 3.31. The van der Waals surface area contributed by atoms with Gasteiger partial charge in [-0.3, -0.25) is 4.72 Å². The molecule has 0 radical (unpaired) electrons. The van der Waals surface area contributed by atoms with Crippen molar-refractivity contribution in [3.63, 3.8) is 0 Å². The highest BCUT2D eigenvalue weighted by molar-refractivity contribution is 7.92. The first-order valence-corrected chi connectivity index (χ1v) is 10.5.